The van der Waals surface area contributed by atoms with E-state index in [1.54, 1.807) is 6.07 Å². The van der Waals surface area contributed by atoms with Crippen LogP contribution in [0.2, 0.25) is 10.0 Å². The molecule has 0 atom stereocenters. The molecule has 2 aliphatic rings. The van der Waals surface area contributed by atoms with Crippen LogP contribution in [0.25, 0.3) is 21.9 Å². The molecule has 1 saturated heterocycles. The van der Waals surface area contributed by atoms with Crippen molar-refractivity contribution >= 4 is 56.8 Å². The first kappa shape index (κ1) is 28.8. The maximum atomic E-state index is 15.7. The number of carbonyl (C=O) groups is 1. The number of aryl methyl sites for hydroxylation is 1. The predicted molar refractivity (Wildman–Crippen MR) is 171 cm³/mol. The number of fused-ring (bicyclic) bond motifs is 2. The van der Waals surface area contributed by atoms with E-state index in [2.05, 4.69) is 15.5 Å². The van der Waals surface area contributed by atoms with Gasteiger partial charge in [0, 0.05) is 53.8 Å². The summed E-state index contributed by atoms with van der Waals surface area (Å²) >= 11 is 12.7. The van der Waals surface area contributed by atoms with Crippen molar-refractivity contribution in [1.29, 1.82) is 0 Å². The fourth-order valence-corrected chi connectivity index (χ4v) is 6.89. The Hall–Kier alpha value is -3.92. The molecule has 0 amide bonds. The first-order chi connectivity index (χ1) is 21.2. The first-order valence-corrected chi connectivity index (χ1v) is 15.4. The summed E-state index contributed by atoms with van der Waals surface area (Å²) in [5.74, 6) is -0.886. The van der Waals surface area contributed by atoms with Crippen LogP contribution in [-0.4, -0.2) is 56.3 Å². The van der Waals surface area contributed by atoms with Crippen molar-refractivity contribution in [3.8, 4) is 0 Å². The number of nitrogens with zero attached hydrogens (tertiary/aromatic N) is 5. The zero-order valence-electron chi connectivity index (χ0n) is 24.1. The van der Waals surface area contributed by atoms with E-state index < -0.39 is 17.2 Å². The standard InChI is InChI=1S/C33H30Cl2FN5O3/c1-19-30-23(32(42)24(33(43)44)17-40(30)22-8-9-22)15-26(36)31(19)39-12-10-38(11-13-39)18-29-37-27-4-2-3-5-28(27)41(29)16-20-6-7-21(34)14-25(20)35/h2-7,14-15,17,22H,8-13,16,18H2,1H3,(H,43,44). The van der Waals surface area contributed by atoms with Crippen LogP contribution >= 0.6 is 23.2 Å². The molecule has 11 heteroatoms. The molecule has 1 N–H and O–H groups in total. The Kier molecular flexibility index (Phi) is 7.35. The zero-order valence-corrected chi connectivity index (χ0v) is 25.6. The highest BCUT2D eigenvalue weighted by atomic mass is 35.5. The number of carboxylic acid groups (broad SMARTS) is 1. The van der Waals surface area contributed by atoms with E-state index in [1.807, 2.05) is 46.7 Å². The van der Waals surface area contributed by atoms with Gasteiger partial charge in [-0.1, -0.05) is 41.4 Å². The Balaban J connectivity index is 1.16. The molecule has 1 saturated carbocycles. The number of halogens is 3. The monoisotopic (exact) mass is 633 g/mol. The molecule has 0 radical (unpaired) electrons. The summed E-state index contributed by atoms with van der Waals surface area (Å²) in [6.45, 7) is 5.56. The lowest BCUT2D eigenvalue weighted by Gasteiger charge is -2.37. The number of para-hydroxylation sites is 2. The maximum absolute atomic E-state index is 15.7. The quantitative estimate of drug-likeness (QED) is 0.220. The fraction of sp³-hybridized carbons (Fsp3) is 0.303. The van der Waals surface area contributed by atoms with E-state index in [4.69, 9.17) is 28.2 Å². The Morgan fingerprint density at radius 3 is 2.50 bits per heavy atom. The smallest absolute Gasteiger partial charge is 0.341 e. The van der Waals surface area contributed by atoms with Gasteiger partial charge in [-0.05, 0) is 61.2 Å². The van der Waals surface area contributed by atoms with Crippen LogP contribution in [0.4, 0.5) is 10.1 Å². The van der Waals surface area contributed by atoms with Crippen LogP contribution in [0.1, 0.15) is 46.2 Å². The van der Waals surface area contributed by atoms with E-state index in [-0.39, 0.29) is 17.0 Å². The number of benzene rings is 3. The highest BCUT2D eigenvalue weighted by Gasteiger charge is 2.30. The van der Waals surface area contributed by atoms with Gasteiger partial charge in [-0.2, -0.15) is 0 Å². The molecular weight excluding hydrogens is 604 g/mol. The summed E-state index contributed by atoms with van der Waals surface area (Å²) < 4.78 is 19.8. The molecular formula is C33H30Cl2FN5O3. The maximum Gasteiger partial charge on any atom is 0.341 e. The number of carboxylic acids is 1. The third-order valence-corrected chi connectivity index (χ3v) is 9.37. The van der Waals surface area contributed by atoms with E-state index in [0.29, 0.717) is 66.1 Å². The Morgan fingerprint density at radius 2 is 1.80 bits per heavy atom. The summed E-state index contributed by atoms with van der Waals surface area (Å²) in [5, 5.41) is 10.9. The second-order valence-electron chi connectivity index (χ2n) is 11.6. The number of imidazole rings is 1. The lowest BCUT2D eigenvalue weighted by atomic mass is 10.0. The van der Waals surface area contributed by atoms with Crippen molar-refractivity contribution in [1.82, 2.24) is 19.0 Å². The third kappa shape index (κ3) is 5.12. The van der Waals surface area contributed by atoms with Crippen molar-refractivity contribution in [2.24, 2.45) is 0 Å². The molecule has 44 heavy (non-hydrogen) atoms. The van der Waals surface area contributed by atoms with Gasteiger partial charge in [0.1, 0.15) is 17.2 Å². The molecule has 8 nitrogen and oxygen atoms in total. The van der Waals surface area contributed by atoms with Gasteiger partial charge in [-0.25, -0.2) is 14.2 Å². The van der Waals surface area contributed by atoms with Crippen molar-refractivity contribution in [2.45, 2.75) is 38.9 Å². The number of hydrogen-bond donors (Lipinski definition) is 1. The minimum atomic E-state index is -1.30. The highest BCUT2D eigenvalue weighted by molar-refractivity contribution is 6.35. The van der Waals surface area contributed by atoms with E-state index in [0.717, 1.165) is 35.3 Å². The SMILES string of the molecule is Cc1c(N2CCN(Cc3nc4ccccc4n3Cc3ccc(Cl)cc3Cl)CC2)c(F)cc2c(=O)c(C(=O)O)cn(C3CC3)c12. The lowest BCUT2D eigenvalue weighted by molar-refractivity contribution is 0.0695. The van der Waals surface area contributed by atoms with Gasteiger partial charge >= 0.3 is 5.97 Å². The van der Waals surface area contributed by atoms with Crippen LogP contribution in [-0.2, 0) is 13.1 Å². The van der Waals surface area contributed by atoms with Crippen molar-refractivity contribution in [3.05, 3.63) is 103 Å². The minimum absolute atomic E-state index is 0.118. The molecule has 0 spiro atoms. The molecule has 2 aromatic heterocycles. The normalized spacial score (nSPS) is 15.9. The van der Waals surface area contributed by atoms with Gasteiger partial charge in [0.2, 0.25) is 5.43 Å². The van der Waals surface area contributed by atoms with Gasteiger partial charge in [-0.3, -0.25) is 9.69 Å². The average molecular weight is 635 g/mol. The predicted octanol–water partition coefficient (Wildman–Crippen LogP) is 6.51. The molecule has 0 bridgehead atoms. The Morgan fingerprint density at radius 1 is 1.05 bits per heavy atom. The topological polar surface area (TPSA) is 83.6 Å². The van der Waals surface area contributed by atoms with Crippen LogP contribution in [0.15, 0.2) is 59.5 Å². The molecule has 1 aliphatic heterocycles. The summed E-state index contributed by atoms with van der Waals surface area (Å²) in [6, 6.07) is 14.9. The largest absolute Gasteiger partial charge is 0.477 e. The molecule has 7 rings (SSSR count). The van der Waals surface area contributed by atoms with E-state index >= 15 is 4.39 Å². The number of pyridine rings is 1. The van der Waals surface area contributed by atoms with Gasteiger partial charge in [0.25, 0.3) is 0 Å². The molecule has 226 valence electrons. The number of anilines is 1. The number of aromatic nitrogens is 3. The minimum Gasteiger partial charge on any atom is -0.477 e. The molecule has 3 heterocycles. The Labute approximate surface area is 262 Å². The van der Waals surface area contributed by atoms with Crippen LogP contribution in [0.5, 0.6) is 0 Å². The zero-order chi connectivity index (χ0) is 30.7. The summed E-state index contributed by atoms with van der Waals surface area (Å²) in [4.78, 5) is 34.1. The summed E-state index contributed by atoms with van der Waals surface area (Å²) in [6.07, 6.45) is 3.23. The van der Waals surface area contributed by atoms with Crippen LogP contribution in [0.3, 0.4) is 0 Å². The van der Waals surface area contributed by atoms with Gasteiger partial charge in [0.15, 0.2) is 0 Å². The van der Waals surface area contributed by atoms with Crippen molar-refractivity contribution in [2.75, 3.05) is 31.1 Å². The second-order valence-corrected chi connectivity index (χ2v) is 12.5. The van der Waals surface area contributed by atoms with Gasteiger partial charge in [0.05, 0.1) is 35.3 Å². The Bertz CT molecular complexity index is 2010. The number of piperazine rings is 1. The third-order valence-electron chi connectivity index (χ3n) is 8.78. The summed E-state index contributed by atoms with van der Waals surface area (Å²) in [7, 11) is 0. The highest BCUT2D eigenvalue weighted by Crippen LogP contribution is 2.40. The second kappa shape index (κ2) is 11.2. The first-order valence-electron chi connectivity index (χ1n) is 14.7. The molecule has 2 fully saturated rings. The molecule has 5 aromatic rings. The van der Waals surface area contributed by atoms with Crippen molar-refractivity contribution in [3.63, 3.8) is 0 Å². The van der Waals surface area contributed by atoms with Crippen molar-refractivity contribution < 1.29 is 14.3 Å². The number of rotatable bonds is 7. The summed E-state index contributed by atoms with van der Waals surface area (Å²) in [5.41, 5.74) is 3.67. The molecule has 1 aliphatic carbocycles. The van der Waals surface area contributed by atoms with E-state index in [1.165, 1.54) is 12.3 Å². The molecule has 0 unspecified atom stereocenters. The average Bonchev–Trinajstić information content (AvgIpc) is 3.78. The van der Waals surface area contributed by atoms with Gasteiger partial charge < -0.3 is 19.1 Å². The van der Waals surface area contributed by atoms with Crippen LogP contribution in [0, 0.1) is 12.7 Å². The number of aromatic carboxylic acids is 1. The number of hydrogen-bond acceptors (Lipinski definition) is 5. The van der Waals surface area contributed by atoms with Gasteiger partial charge in [-0.15, -0.1) is 0 Å². The fourth-order valence-electron chi connectivity index (χ4n) is 6.42. The molecule has 3 aromatic carbocycles. The van der Waals surface area contributed by atoms with E-state index in [9.17, 15) is 14.7 Å². The van der Waals surface area contributed by atoms with Crippen LogP contribution < -0.4 is 10.3 Å². The lowest BCUT2D eigenvalue weighted by Crippen LogP contribution is -2.46.